The molecule has 1 aliphatic heterocycles. The van der Waals surface area contributed by atoms with Gasteiger partial charge in [0.2, 0.25) is 0 Å². The molecule has 2 atom stereocenters. The maximum Gasteiger partial charge on any atom is 0.139 e. The predicted octanol–water partition coefficient (Wildman–Crippen LogP) is 2.83. The number of nitrogens with one attached hydrogen (secondary N) is 1. The Morgan fingerprint density at radius 1 is 1.47 bits per heavy atom. The highest BCUT2D eigenvalue weighted by atomic mass is 35.5. The van der Waals surface area contributed by atoms with Crippen molar-refractivity contribution in [1.82, 2.24) is 5.32 Å². The average Bonchev–Trinajstić information content (AvgIpc) is 2.85. The molecular weight excluding hydrogens is 236 g/mol. The molecule has 4 heteroatoms. The fourth-order valence-electron chi connectivity index (χ4n) is 1.92. The molecule has 0 radical (unpaired) electrons. The Balaban J connectivity index is 1.82. The van der Waals surface area contributed by atoms with Gasteiger partial charge >= 0.3 is 0 Å². The van der Waals surface area contributed by atoms with E-state index in [0.717, 1.165) is 23.6 Å². The van der Waals surface area contributed by atoms with Crippen LogP contribution in [0.3, 0.4) is 0 Å². The molecule has 2 unspecified atom stereocenters. The van der Waals surface area contributed by atoms with E-state index in [9.17, 15) is 0 Å². The minimum atomic E-state index is 0.112. The molecule has 1 aromatic rings. The largest absolute Gasteiger partial charge is 0.391 e. The van der Waals surface area contributed by atoms with E-state index in [2.05, 4.69) is 10.5 Å². The fraction of sp³-hybridized carbons (Fsp3) is 0.462. The van der Waals surface area contributed by atoms with Gasteiger partial charge in [-0.1, -0.05) is 28.9 Å². The van der Waals surface area contributed by atoms with Crippen LogP contribution in [0.5, 0.6) is 0 Å². The predicted molar refractivity (Wildman–Crippen MR) is 70.6 cm³/mol. The van der Waals surface area contributed by atoms with Gasteiger partial charge in [-0.15, -0.1) is 0 Å². The van der Waals surface area contributed by atoms with E-state index in [1.54, 1.807) is 6.21 Å². The van der Waals surface area contributed by atoms with Crippen molar-refractivity contribution < 1.29 is 4.84 Å². The summed E-state index contributed by atoms with van der Waals surface area (Å²) in [5.74, 6) is 0. The topological polar surface area (TPSA) is 33.6 Å². The zero-order chi connectivity index (χ0) is 12.1. The van der Waals surface area contributed by atoms with Crippen LogP contribution in [0.15, 0.2) is 29.4 Å². The van der Waals surface area contributed by atoms with Crippen molar-refractivity contribution in [3.63, 3.8) is 0 Å². The minimum Gasteiger partial charge on any atom is -0.391 e. The van der Waals surface area contributed by atoms with Crippen LogP contribution in [0, 0.1) is 0 Å². The standard InChI is InChI=1S/C13H17ClN2O/c1-10(13-3-2-8-15-13)17-16-9-11-4-6-12(14)7-5-11/h4-7,9-10,13,15H,2-3,8H2,1H3. The van der Waals surface area contributed by atoms with Crippen LogP contribution in [-0.2, 0) is 4.84 Å². The number of hydrogen-bond donors (Lipinski definition) is 1. The van der Waals surface area contributed by atoms with E-state index in [1.807, 2.05) is 31.2 Å². The van der Waals surface area contributed by atoms with Crippen molar-refractivity contribution in [2.45, 2.75) is 31.9 Å². The zero-order valence-corrected chi connectivity index (χ0v) is 10.7. The van der Waals surface area contributed by atoms with Crippen molar-refractivity contribution in [3.05, 3.63) is 34.9 Å². The van der Waals surface area contributed by atoms with E-state index < -0.39 is 0 Å². The lowest BCUT2D eigenvalue weighted by molar-refractivity contribution is 0.0499. The van der Waals surface area contributed by atoms with E-state index in [0.29, 0.717) is 6.04 Å². The van der Waals surface area contributed by atoms with Crippen LogP contribution in [0.4, 0.5) is 0 Å². The number of benzene rings is 1. The fourth-order valence-corrected chi connectivity index (χ4v) is 2.05. The molecule has 92 valence electrons. The highest BCUT2D eigenvalue weighted by molar-refractivity contribution is 6.30. The molecule has 17 heavy (non-hydrogen) atoms. The van der Waals surface area contributed by atoms with Gasteiger partial charge in [-0.3, -0.25) is 0 Å². The molecule has 3 nitrogen and oxygen atoms in total. The maximum atomic E-state index is 5.80. The van der Waals surface area contributed by atoms with Crippen LogP contribution < -0.4 is 5.32 Å². The molecule has 1 heterocycles. The Morgan fingerprint density at radius 2 is 2.24 bits per heavy atom. The lowest BCUT2D eigenvalue weighted by Crippen LogP contribution is -2.33. The van der Waals surface area contributed by atoms with E-state index in [-0.39, 0.29) is 6.10 Å². The van der Waals surface area contributed by atoms with Gasteiger partial charge in [0.25, 0.3) is 0 Å². The first kappa shape index (κ1) is 12.4. The molecule has 1 fully saturated rings. The third-order valence-corrected chi connectivity index (χ3v) is 3.22. The van der Waals surface area contributed by atoms with Crippen LogP contribution in [-0.4, -0.2) is 24.9 Å². The minimum absolute atomic E-state index is 0.112. The SMILES string of the molecule is CC(ON=Cc1ccc(Cl)cc1)C1CCCN1. The molecule has 1 aliphatic rings. The Labute approximate surface area is 107 Å². The number of halogens is 1. The van der Waals surface area contributed by atoms with Gasteiger partial charge in [-0.2, -0.15) is 0 Å². The van der Waals surface area contributed by atoms with Crippen LogP contribution in [0.1, 0.15) is 25.3 Å². The zero-order valence-electron chi connectivity index (χ0n) is 9.90. The lowest BCUT2D eigenvalue weighted by Gasteiger charge is -2.16. The van der Waals surface area contributed by atoms with Gasteiger partial charge in [0.1, 0.15) is 6.10 Å². The van der Waals surface area contributed by atoms with E-state index >= 15 is 0 Å². The lowest BCUT2D eigenvalue weighted by atomic mass is 10.1. The van der Waals surface area contributed by atoms with Gasteiger partial charge in [0.15, 0.2) is 0 Å². The summed E-state index contributed by atoms with van der Waals surface area (Å²) < 4.78 is 0. The molecule has 0 aromatic heterocycles. The van der Waals surface area contributed by atoms with Crippen LogP contribution in [0.2, 0.25) is 5.02 Å². The second-order valence-electron chi connectivity index (χ2n) is 4.30. The second kappa shape index (κ2) is 6.03. The molecular formula is C13H17ClN2O. The number of rotatable bonds is 4. The first-order valence-electron chi connectivity index (χ1n) is 5.94. The van der Waals surface area contributed by atoms with Gasteiger partial charge in [-0.25, -0.2) is 0 Å². The summed E-state index contributed by atoms with van der Waals surface area (Å²) in [5.41, 5.74) is 0.987. The third-order valence-electron chi connectivity index (χ3n) is 2.96. The summed E-state index contributed by atoms with van der Waals surface area (Å²) in [6.45, 7) is 3.13. The van der Waals surface area contributed by atoms with Crippen molar-refractivity contribution >= 4 is 17.8 Å². The summed E-state index contributed by atoms with van der Waals surface area (Å²) in [6, 6.07) is 7.93. The number of oxime groups is 1. The van der Waals surface area contributed by atoms with Crippen LogP contribution in [0.25, 0.3) is 0 Å². The van der Waals surface area contributed by atoms with Gasteiger partial charge in [0.05, 0.1) is 6.21 Å². The van der Waals surface area contributed by atoms with Gasteiger partial charge in [-0.05, 0) is 44.0 Å². The summed E-state index contributed by atoms with van der Waals surface area (Å²) in [7, 11) is 0. The Kier molecular flexibility index (Phi) is 4.40. The summed E-state index contributed by atoms with van der Waals surface area (Å²) in [4.78, 5) is 5.43. The summed E-state index contributed by atoms with van der Waals surface area (Å²) in [6.07, 6.45) is 4.21. The highest BCUT2D eigenvalue weighted by Gasteiger charge is 2.21. The summed E-state index contributed by atoms with van der Waals surface area (Å²) >= 11 is 5.80. The molecule has 0 aliphatic carbocycles. The van der Waals surface area contributed by atoms with Crippen molar-refractivity contribution in [2.24, 2.45) is 5.16 Å². The van der Waals surface area contributed by atoms with Gasteiger partial charge < -0.3 is 10.2 Å². The molecule has 0 amide bonds. The first-order chi connectivity index (χ1) is 8.25. The highest BCUT2D eigenvalue weighted by Crippen LogP contribution is 2.12. The Hall–Kier alpha value is -1.06. The Bertz CT molecular complexity index is 372. The smallest absolute Gasteiger partial charge is 0.139 e. The average molecular weight is 253 g/mol. The van der Waals surface area contributed by atoms with E-state index in [4.69, 9.17) is 16.4 Å². The van der Waals surface area contributed by atoms with E-state index in [1.165, 1.54) is 6.42 Å². The Morgan fingerprint density at radius 3 is 2.88 bits per heavy atom. The molecule has 2 rings (SSSR count). The third kappa shape index (κ3) is 3.72. The number of hydrogen-bond acceptors (Lipinski definition) is 3. The first-order valence-corrected chi connectivity index (χ1v) is 6.31. The molecule has 1 aromatic carbocycles. The molecule has 0 bridgehead atoms. The molecule has 0 saturated carbocycles. The second-order valence-corrected chi connectivity index (χ2v) is 4.74. The monoisotopic (exact) mass is 252 g/mol. The van der Waals surface area contributed by atoms with Crippen molar-refractivity contribution in [3.8, 4) is 0 Å². The maximum absolute atomic E-state index is 5.80. The summed E-state index contributed by atoms with van der Waals surface area (Å²) in [5, 5.41) is 8.13. The van der Waals surface area contributed by atoms with Crippen LogP contribution >= 0.6 is 11.6 Å². The number of nitrogens with zero attached hydrogens (tertiary/aromatic N) is 1. The van der Waals surface area contributed by atoms with Gasteiger partial charge in [0, 0.05) is 11.1 Å². The van der Waals surface area contributed by atoms with Crippen molar-refractivity contribution in [1.29, 1.82) is 0 Å². The molecule has 0 spiro atoms. The molecule has 1 N–H and O–H groups in total. The molecule has 1 saturated heterocycles. The van der Waals surface area contributed by atoms with Crippen molar-refractivity contribution in [2.75, 3.05) is 6.54 Å². The normalized spacial score (nSPS) is 21.9. The quantitative estimate of drug-likeness (QED) is 0.660.